The highest BCUT2D eigenvalue weighted by molar-refractivity contribution is 6.09. The molecule has 2 N–H and O–H groups in total. The fraction of sp³-hybridized carbons (Fsp3) is 0.333. The number of anilines is 2. The lowest BCUT2D eigenvalue weighted by Crippen LogP contribution is -2.44. The fourth-order valence-electron chi connectivity index (χ4n) is 6.71. The van der Waals surface area contributed by atoms with Crippen LogP contribution in [0.25, 0.3) is 0 Å². The van der Waals surface area contributed by atoms with Crippen molar-refractivity contribution >= 4 is 40.5 Å². The molecule has 3 aromatic carbocycles. The van der Waals surface area contributed by atoms with Crippen LogP contribution >= 0.6 is 0 Å². The zero-order chi connectivity index (χ0) is 34.0. The molecule has 0 bridgehead atoms. The van der Waals surface area contributed by atoms with Crippen molar-refractivity contribution in [2.75, 3.05) is 23.1 Å². The maximum absolute atomic E-state index is 14.0. The molecule has 3 aliphatic rings. The standard InChI is InChI=1S/C36H37N5O7/c1-24(7-5-11-33(43)38-20-6-10-29(38)23-42)36(46)30-21-28(41(47)48)16-18-32(30)39(35(36)45)22-25-12-14-27(15-13-25)40-34(44)19-17-31(37-40)26-8-3-2-4-9-26/h2-5,7-9,12-16,18,21,24,29,42,46H,6,10-11,17,19-20,22-23H2,1H3/b7-5+/t24-,29+,36+/m1/s1. The van der Waals surface area contributed by atoms with Gasteiger partial charge in [-0.05, 0) is 42.2 Å². The molecule has 0 aromatic heterocycles. The fourth-order valence-corrected chi connectivity index (χ4v) is 6.71. The predicted octanol–water partition coefficient (Wildman–Crippen LogP) is 4.43. The van der Waals surface area contributed by atoms with E-state index in [0.29, 0.717) is 36.3 Å². The van der Waals surface area contributed by atoms with Crippen LogP contribution in [0.15, 0.2) is 90.0 Å². The monoisotopic (exact) mass is 651 g/mol. The number of benzene rings is 3. The quantitative estimate of drug-likeness (QED) is 0.187. The molecule has 3 aromatic rings. The number of non-ortho nitro benzene ring substituents is 1. The average molecular weight is 652 g/mol. The van der Waals surface area contributed by atoms with Crippen molar-refractivity contribution in [3.8, 4) is 0 Å². The molecule has 12 heteroatoms. The number of likely N-dealkylation sites (tertiary alicyclic amines) is 1. The minimum absolute atomic E-state index is 0.0272. The van der Waals surface area contributed by atoms with Crippen molar-refractivity contribution in [3.63, 3.8) is 0 Å². The van der Waals surface area contributed by atoms with E-state index in [4.69, 9.17) is 0 Å². The van der Waals surface area contributed by atoms with Gasteiger partial charge in [0.2, 0.25) is 11.8 Å². The largest absolute Gasteiger partial charge is 0.394 e. The van der Waals surface area contributed by atoms with Crippen LogP contribution in [0, 0.1) is 16.0 Å². The van der Waals surface area contributed by atoms with Crippen LogP contribution < -0.4 is 9.91 Å². The highest BCUT2D eigenvalue weighted by Gasteiger charge is 2.53. The van der Waals surface area contributed by atoms with Crippen molar-refractivity contribution < 1.29 is 29.5 Å². The number of carbonyl (C=O) groups excluding carboxylic acids is 3. The lowest BCUT2D eigenvalue weighted by atomic mass is 9.82. The number of rotatable bonds is 10. The summed E-state index contributed by atoms with van der Waals surface area (Å²) in [6, 6.07) is 20.5. The smallest absolute Gasteiger partial charge is 0.269 e. The van der Waals surface area contributed by atoms with Crippen LogP contribution in [-0.4, -0.2) is 62.7 Å². The summed E-state index contributed by atoms with van der Waals surface area (Å²) in [4.78, 5) is 53.7. The Hall–Kier alpha value is -5.20. The van der Waals surface area contributed by atoms with Gasteiger partial charge in [-0.15, -0.1) is 0 Å². The Kier molecular flexibility index (Phi) is 9.20. The Balaban J connectivity index is 1.23. The van der Waals surface area contributed by atoms with Gasteiger partial charge in [0.05, 0.1) is 41.2 Å². The molecule has 3 heterocycles. The van der Waals surface area contributed by atoms with Gasteiger partial charge in [0, 0.05) is 49.4 Å². The molecule has 12 nitrogen and oxygen atoms in total. The molecule has 0 saturated carbocycles. The van der Waals surface area contributed by atoms with E-state index in [2.05, 4.69) is 5.10 Å². The maximum Gasteiger partial charge on any atom is 0.269 e. The number of aliphatic hydroxyl groups is 2. The van der Waals surface area contributed by atoms with Crippen LogP contribution in [0.5, 0.6) is 0 Å². The van der Waals surface area contributed by atoms with Gasteiger partial charge in [0.1, 0.15) is 0 Å². The Morgan fingerprint density at radius 1 is 1.10 bits per heavy atom. The summed E-state index contributed by atoms with van der Waals surface area (Å²) in [6.45, 7) is 2.16. The van der Waals surface area contributed by atoms with Gasteiger partial charge < -0.3 is 20.0 Å². The Morgan fingerprint density at radius 2 is 1.85 bits per heavy atom. The minimum Gasteiger partial charge on any atom is -0.394 e. The van der Waals surface area contributed by atoms with Crippen LogP contribution in [0.3, 0.4) is 0 Å². The third kappa shape index (κ3) is 6.12. The molecule has 0 unspecified atom stereocenters. The summed E-state index contributed by atoms with van der Waals surface area (Å²) >= 11 is 0. The van der Waals surface area contributed by atoms with E-state index >= 15 is 0 Å². The van der Waals surface area contributed by atoms with Gasteiger partial charge in [0.25, 0.3) is 11.6 Å². The predicted molar refractivity (Wildman–Crippen MR) is 179 cm³/mol. The number of nitro benzene ring substituents is 1. The zero-order valence-electron chi connectivity index (χ0n) is 26.6. The van der Waals surface area contributed by atoms with Gasteiger partial charge in [-0.3, -0.25) is 24.5 Å². The average Bonchev–Trinajstić information content (AvgIpc) is 3.67. The first-order valence-corrected chi connectivity index (χ1v) is 16.1. The molecule has 0 spiro atoms. The Morgan fingerprint density at radius 3 is 2.56 bits per heavy atom. The topological polar surface area (TPSA) is 157 Å². The third-order valence-corrected chi connectivity index (χ3v) is 9.41. The van der Waals surface area contributed by atoms with Crippen molar-refractivity contribution in [1.29, 1.82) is 0 Å². The summed E-state index contributed by atoms with van der Waals surface area (Å²) in [5.41, 5.74) is 1.12. The molecule has 248 valence electrons. The second-order valence-corrected chi connectivity index (χ2v) is 12.4. The van der Waals surface area contributed by atoms with E-state index in [1.54, 1.807) is 48.2 Å². The van der Waals surface area contributed by atoms with Crippen molar-refractivity contribution in [1.82, 2.24) is 4.90 Å². The van der Waals surface area contributed by atoms with E-state index in [1.165, 1.54) is 28.1 Å². The van der Waals surface area contributed by atoms with E-state index in [0.717, 1.165) is 24.1 Å². The third-order valence-electron chi connectivity index (χ3n) is 9.41. The first kappa shape index (κ1) is 32.7. The summed E-state index contributed by atoms with van der Waals surface area (Å²) in [5.74, 6) is -1.77. The van der Waals surface area contributed by atoms with E-state index in [9.17, 15) is 34.7 Å². The zero-order valence-corrected chi connectivity index (χ0v) is 26.6. The number of carbonyl (C=O) groups is 3. The van der Waals surface area contributed by atoms with Crippen LogP contribution in [-0.2, 0) is 26.5 Å². The minimum atomic E-state index is -2.12. The molecular formula is C36H37N5O7. The number of nitro groups is 1. The number of hydrazone groups is 1. The van der Waals surface area contributed by atoms with Gasteiger partial charge in [-0.1, -0.05) is 61.5 Å². The number of amides is 3. The molecule has 1 saturated heterocycles. The van der Waals surface area contributed by atoms with Gasteiger partial charge in [-0.25, -0.2) is 5.01 Å². The highest BCUT2D eigenvalue weighted by atomic mass is 16.6. The lowest BCUT2D eigenvalue weighted by molar-refractivity contribution is -0.385. The number of hydrogen-bond acceptors (Lipinski definition) is 8. The van der Waals surface area contributed by atoms with Gasteiger partial charge >= 0.3 is 0 Å². The summed E-state index contributed by atoms with van der Waals surface area (Å²) < 4.78 is 0. The first-order chi connectivity index (χ1) is 23.1. The molecule has 3 amide bonds. The first-order valence-electron chi connectivity index (χ1n) is 16.1. The second kappa shape index (κ2) is 13.5. The molecule has 6 rings (SSSR count). The van der Waals surface area contributed by atoms with E-state index in [-0.39, 0.29) is 48.7 Å². The Labute approximate surface area is 277 Å². The SMILES string of the molecule is C[C@H](/C=C/CC(=O)N1CCC[C@H]1CO)[C@@]1(O)C(=O)N(Cc2ccc(N3N=C(c4ccccc4)CCC3=O)cc2)c2ccc([N+](=O)[O-])cc21. The molecule has 0 aliphatic carbocycles. The normalized spacial score (nSPS) is 21.5. The van der Waals surface area contributed by atoms with Crippen LogP contribution in [0.1, 0.15) is 55.7 Å². The number of nitrogens with zero attached hydrogens (tertiary/aromatic N) is 5. The molecule has 3 aliphatic heterocycles. The van der Waals surface area contributed by atoms with Crippen LogP contribution in [0.2, 0.25) is 0 Å². The maximum atomic E-state index is 14.0. The number of aliphatic hydroxyl groups excluding tert-OH is 1. The number of fused-ring (bicyclic) bond motifs is 1. The molecule has 48 heavy (non-hydrogen) atoms. The van der Waals surface area contributed by atoms with Crippen molar-refractivity contribution in [2.45, 2.75) is 57.2 Å². The number of hydrogen-bond donors (Lipinski definition) is 2. The molecular weight excluding hydrogens is 614 g/mol. The van der Waals surface area contributed by atoms with E-state index < -0.39 is 22.3 Å². The van der Waals surface area contributed by atoms with E-state index in [1.807, 2.05) is 30.3 Å². The lowest BCUT2D eigenvalue weighted by Gasteiger charge is -2.28. The Bertz CT molecular complexity index is 1790. The molecule has 0 radical (unpaired) electrons. The summed E-state index contributed by atoms with van der Waals surface area (Å²) in [6.07, 6.45) is 5.63. The summed E-state index contributed by atoms with van der Waals surface area (Å²) in [5, 5.41) is 39.2. The highest BCUT2D eigenvalue weighted by Crippen LogP contribution is 2.47. The van der Waals surface area contributed by atoms with Gasteiger partial charge in [-0.2, -0.15) is 5.10 Å². The van der Waals surface area contributed by atoms with Crippen LogP contribution in [0.4, 0.5) is 17.1 Å². The van der Waals surface area contributed by atoms with Crippen molar-refractivity contribution in [2.24, 2.45) is 11.0 Å². The summed E-state index contributed by atoms with van der Waals surface area (Å²) in [7, 11) is 0. The molecule has 3 atom stereocenters. The molecule has 1 fully saturated rings. The van der Waals surface area contributed by atoms with Gasteiger partial charge in [0.15, 0.2) is 5.60 Å². The second-order valence-electron chi connectivity index (χ2n) is 12.4. The van der Waals surface area contributed by atoms with Crippen molar-refractivity contribution in [3.05, 3.63) is 112 Å².